The van der Waals surface area contributed by atoms with E-state index in [0.717, 1.165) is 21.3 Å². The Hall–Kier alpha value is -3.48. The molecule has 1 aromatic heterocycles. The molecule has 0 bridgehead atoms. The van der Waals surface area contributed by atoms with Crippen molar-refractivity contribution in [2.45, 2.75) is 39.2 Å². The molecule has 5 nitrogen and oxygen atoms in total. The molecule has 1 aliphatic rings. The normalized spacial score (nSPS) is 17.8. The van der Waals surface area contributed by atoms with Gasteiger partial charge in [0.15, 0.2) is 5.13 Å². The molecule has 1 N–H and O–H groups in total. The van der Waals surface area contributed by atoms with Gasteiger partial charge in [-0.25, -0.2) is 4.98 Å². The van der Waals surface area contributed by atoms with E-state index in [-0.39, 0.29) is 16.7 Å². The van der Waals surface area contributed by atoms with Crippen molar-refractivity contribution in [1.29, 1.82) is 0 Å². The fourth-order valence-electron chi connectivity index (χ4n) is 4.40. The number of hydrogen-bond acceptors (Lipinski definition) is 5. The summed E-state index contributed by atoms with van der Waals surface area (Å²) in [7, 11) is 0. The first kappa shape index (κ1) is 24.2. The van der Waals surface area contributed by atoms with E-state index >= 15 is 0 Å². The molecule has 1 fully saturated rings. The van der Waals surface area contributed by atoms with E-state index in [9.17, 15) is 14.7 Å². The summed E-state index contributed by atoms with van der Waals surface area (Å²) in [5.74, 6) is -1.71. The first-order chi connectivity index (χ1) is 17.0. The van der Waals surface area contributed by atoms with E-state index < -0.39 is 17.7 Å². The first-order valence-corrected chi connectivity index (χ1v) is 12.8. The largest absolute Gasteiger partial charge is 0.507 e. The van der Waals surface area contributed by atoms with Gasteiger partial charge in [0.2, 0.25) is 0 Å². The van der Waals surface area contributed by atoms with Gasteiger partial charge in [0.25, 0.3) is 5.78 Å². The predicted molar refractivity (Wildman–Crippen MR) is 146 cm³/mol. The SMILES string of the molecule is Cc1ccc2nc(N3C(=O)C(=O)C(=C(O)c4ccc(Cl)cc4)[C@H]3c3ccc(C(C)(C)C)cc3)sc2c1. The van der Waals surface area contributed by atoms with Crippen molar-refractivity contribution in [3.05, 3.63) is 99.6 Å². The molecule has 1 amide bonds. The maximum atomic E-state index is 13.4. The van der Waals surface area contributed by atoms with E-state index in [1.165, 1.54) is 16.2 Å². The zero-order chi connectivity index (χ0) is 25.8. The summed E-state index contributed by atoms with van der Waals surface area (Å²) in [5, 5.41) is 12.2. The van der Waals surface area contributed by atoms with E-state index in [1.807, 2.05) is 49.4 Å². The standard InChI is InChI=1S/C29H25ClN2O3S/c1-16-5-14-21-22(15-16)36-28(31-21)32-24(17-6-10-19(11-7-17)29(2,3)4)23(26(34)27(32)35)25(33)18-8-12-20(30)13-9-18/h5-15,24,33H,1-4H3/t24-/m1/s1. The molecule has 182 valence electrons. The minimum Gasteiger partial charge on any atom is -0.507 e. The molecule has 0 aliphatic carbocycles. The molecule has 1 atom stereocenters. The number of thiazole rings is 1. The summed E-state index contributed by atoms with van der Waals surface area (Å²) in [4.78, 5) is 32.9. The number of aliphatic hydroxyl groups is 1. The molecule has 0 unspecified atom stereocenters. The number of rotatable bonds is 3. The van der Waals surface area contributed by atoms with Crippen LogP contribution in [0.3, 0.4) is 0 Å². The number of fused-ring (bicyclic) bond motifs is 1. The number of benzene rings is 3. The number of aromatic nitrogens is 1. The summed E-state index contributed by atoms with van der Waals surface area (Å²) in [5.41, 5.74) is 4.05. The molecule has 1 saturated heterocycles. The van der Waals surface area contributed by atoms with Crippen molar-refractivity contribution in [2.24, 2.45) is 0 Å². The topological polar surface area (TPSA) is 70.5 Å². The Labute approximate surface area is 218 Å². The number of halogens is 1. The van der Waals surface area contributed by atoms with Crippen LogP contribution in [-0.2, 0) is 15.0 Å². The maximum absolute atomic E-state index is 13.4. The number of anilines is 1. The molecule has 2 heterocycles. The number of aliphatic hydroxyl groups excluding tert-OH is 1. The summed E-state index contributed by atoms with van der Waals surface area (Å²) in [6, 6.07) is 19.4. The van der Waals surface area contributed by atoms with Crippen LogP contribution in [0.4, 0.5) is 5.13 Å². The third-order valence-corrected chi connectivity index (χ3v) is 7.66. The summed E-state index contributed by atoms with van der Waals surface area (Å²) >= 11 is 7.37. The molecule has 7 heteroatoms. The molecular formula is C29H25ClN2O3S. The number of Topliss-reactive ketones (excluding diaryl/α,β-unsaturated/α-hetero) is 1. The van der Waals surface area contributed by atoms with E-state index in [2.05, 4.69) is 25.8 Å². The highest BCUT2D eigenvalue weighted by molar-refractivity contribution is 7.22. The van der Waals surface area contributed by atoms with Crippen LogP contribution in [0.15, 0.2) is 72.3 Å². The van der Waals surface area contributed by atoms with Crippen LogP contribution in [0, 0.1) is 6.92 Å². The van der Waals surface area contributed by atoms with Gasteiger partial charge in [-0.3, -0.25) is 14.5 Å². The van der Waals surface area contributed by atoms with Gasteiger partial charge in [-0.05, 0) is 65.4 Å². The molecule has 5 rings (SSSR count). The highest BCUT2D eigenvalue weighted by Gasteiger charge is 2.48. The zero-order valence-corrected chi connectivity index (χ0v) is 21.9. The summed E-state index contributed by atoms with van der Waals surface area (Å²) in [6.45, 7) is 8.36. The average molecular weight is 517 g/mol. The number of hydrogen-bond donors (Lipinski definition) is 1. The van der Waals surface area contributed by atoms with Crippen LogP contribution in [0.5, 0.6) is 0 Å². The lowest BCUT2D eigenvalue weighted by molar-refractivity contribution is -0.132. The van der Waals surface area contributed by atoms with Crippen molar-refractivity contribution in [3.63, 3.8) is 0 Å². The Balaban J connectivity index is 1.71. The molecule has 36 heavy (non-hydrogen) atoms. The number of carbonyl (C=O) groups excluding carboxylic acids is 2. The minimum atomic E-state index is -0.823. The van der Waals surface area contributed by atoms with Gasteiger partial charge in [-0.1, -0.05) is 74.0 Å². The number of carbonyl (C=O) groups is 2. The van der Waals surface area contributed by atoms with Gasteiger partial charge in [-0.15, -0.1) is 0 Å². The molecule has 4 aromatic rings. The molecule has 1 aliphatic heterocycles. The van der Waals surface area contributed by atoms with Gasteiger partial charge in [0.1, 0.15) is 5.76 Å². The van der Waals surface area contributed by atoms with Gasteiger partial charge in [0.05, 0.1) is 21.8 Å². The third-order valence-electron chi connectivity index (χ3n) is 6.39. The summed E-state index contributed by atoms with van der Waals surface area (Å²) in [6.07, 6.45) is 0. The molecule has 0 saturated carbocycles. The second-order valence-corrected chi connectivity index (χ2v) is 11.5. The Morgan fingerprint density at radius 2 is 1.67 bits per heavy atom. The fraction of sp³-hybridized carbons (Fsp3) is 0.207. The summed E-state index contributed by atoms with van der Waals surface area (Å²) < 4.78 is 0.923. The smallest absolute Gasteiger partial charge is 0.301 e. The van der Waals surface area contributed by atoms with E-state index in [4.69, 9.17) is 11.6 Å². The van der Waals surface area contributed by atoms with Crippen LogP contribution in [0.1, 0.15) is 49.1 Å². The quantitative estimate of drug-likeness (QED) is 0.178. The Morgan fingerprint density at radius 1 is 1.00 bits per heavy atom. The fourth-order valence-corrected chi connectivity index (χ4v) is 5.61. The highest BCUT2D eigenvalue weighted by atomic mass is 35.5. The third kappa shape index (κ3) is 4.21. The number of ketones is 1. The van der Waals surface area contributed by atoms with E-state index in [0.29, 0.717) is 21.3 Å². The Bertz CT molecular complexity index is 1530. The molecule has 3 aromatic carbocycles. The lowest BCUT2D eigenvalue weighted by Gasteiger charge is -2.24. The van der Waals surface area contributed by atoms with Gasteiger partial charge < -0.3 is 5.11 Å². The first-order valence-electron chi connectivity index (χ1n) is 11.6. The lowest BCUT2D eigenvalue weighted by atomic mass is 9.85. The van der Waals surface area contributed by atoms with Crippen LogP contribution >= 0.6 is 22.9 Å². The van der Waals surface area contributed by atoms with Crippen LogP contribution < -0.4 is 4.90 Å². The second kappa shape index (κ2) is 8.87. The molecule has 0 spiro atoms. The Morgan fingerprint density at radius 3 is 2.31 bits per heavy atom. The van der Waals surface area contributed by atoms with Gasteiger partial charge >= 0.3 is 5.91 Å². The number of aryl methyl sites for hydroxylation is 1. The van der Waals surface area contributed by atoms with Gasteiger partial charge in [0, 0.05) is 10.6 Å². The predicted octanol–water partition coefficient (Wildman–Crippen LogP) is 7.18. The minimum absolute atomic E-state index is 0.0290. The second-order valence-electron chi connectivity index (χ2n) is 10.0. The number of amides is 1. The average Bonchev–Trinajstić information content (AvgIpc) is 3.36. The van der Waals surface area contributed by atoms with Crippen molar-refractivity contribution in [3.8, 4) is 0 Å². The van der Waals surface area contributed by atoms with Crippen LogP contribution in [0.2, 0.25) is 5.02 Å². The Kier molecular flexibility index (Phi) is 5.97. The highest BCUT2D eigenvalue weighted by Crippen LogP contribution is 2.44. The number of nitrogens with zero attached hydrogens (tertiary/aromatic N) is 2. The molecular weight excluding hydrogens is 492 g/mol. The van der Waals surface area contributed by atoms with Crippen molar-refractivity contribution in [1.82, 2.24) is 4.98 Å². The monoisotopic (exact) mass is 516 g/mol. The zero-order valence-electron chi connectivity index (χ0n) is 20.4. The van der Waals surface area contributed by atoms with Gasteiger partial charge in [-0.2, -0.15) is 0 Å². The maximum Gasteiger partial charge on any atom is 0.301 e. The van der Waals surface area contributed by atoms with Crippen molar-refractivity contribution < 1.29 is 14.7 Å². The van der Waals surface area contributed by atoms with Crippen molar-refractivity contribution >= 4 is 55.7 Å². The van der Waals surface area contributed by atoms with Crippen molar-refractivity contribution in [2.75, 3.05) is 4.90 Å². The van der Waals surface area contributed by atoms with Crippen LogP contribution in [-0.4, -0.2) is 21.8 Å². The molecule has 0 radical (unpaired) electrons. The van der Waals surface area contributed by atoms with Crippen LogP contribution in [0.25, 0.3) is 16.0 Å². The van der Waals surface area contributed by atoms with E-state index in [1.54, 1.807) is 24.3 Å². The lowest BCUT2D eigenvalue weighted by Crippen LogP contribution is -2.29.